The third-order valence-electron chi connectivity index (χ3n) is 10.3. The van der Waals surface area contributed by atoms with E-state index in [1.54, 1.807) is 0 Å². The maximum atomic E-state index is 9.52. The Morgan fingerprint density at radius 2 is 1.24 bits per heavy atom. The van der Waals surface area contributed by atoms with Crippen LogP contribution < -0.4 is 5.32 Å². The maximum absolute atomic E-state index is 9.52. The number of nitrogens with zero attached hydrogens (tertiary/aromatic N) is 4. The molecule has 1 aliphatic carbocycles. The predicted octanol–water partition coefficient (Wildman–Crippen LogP) is 9.57. The molecule has 5 heteroatoms. The van der Waals surface area contributed by atoms with Gasteiger partial charge in [0.2, 0.25) is 0 Å². The highest BCUT2D eigenvalue weighted by molar-refractivity contribution is 5.83. The van der Waals surface area contributed by atoms with Crippen LogP contribution in [0.2, 0.25) is 0 Å². The van der Waals surface area contributed by atoms with Gasteiger partial charge in [0, 0.05) is 28.8 Å². The molecule has 3 aliphatic rings. The summed E-state index contributed by atoms with van der Waals surface area (Å²) in [6.45, 7) is 30.8. The standard InChI is InChI=1S/C31H35N5.3C2H6/c1-9-22-20(27-34-18(16-32)13-19(17-33)35-27)11-12-26-21-14-24-25(15-23(21)31(22,10-2)36-26)29(5,6)30(7,8)28(24,3)4;3*1-2/h11-15,22,36H,9-10H2,1-8H3;3*1-2H3. The number of benzene rings is 1. The van der Waals surface area contributed by atoms with Gasteiger partial charge in [-0.25, -0.2) is 9.97 Å². The molecule has 2 bridgehead atoms. The summed E-state index contributed by atoms with van der Waals surface area (Å²) in [5.74, 6) is 0.545. The van der Waals surface area contributed by atoms with Gasteiger partial charge in [0.25, 0.3) is 0 Å². The average molecular weight is 568 g/mol. The normalized spacial score (nSPS) is 22.6. The van der Waals surface area contributed by atoms with Crippen LogP contribution in [-0.2, 0) is 16.4 Å². The Hall–Kier alpha value is -3.44. The number of hydrogen-bond donors (Lipinski definition) is 1. The summed E-state index contributed by atoms with van der Waals surface area (Å²) in [7, 11) is 0. The quantitative estimate of drug-likeness (QED) is 0.399. The highest BCUT2D eigenvalue weighted by Gasteiger charge is 2.58. The Kier molecular flexibility index (Phi) is 10.6. The van der Waals surface area contributed by atoms with E-state index in [4.69, 9.17) is 0 Å². The molecule has 0 radical (unpaired) electrons. The van der Waals surface area contributed by atoms with E-state index < -0.39 is 0 Å². The molecule has 2 unspecified atom stereocenters. The van der Waals surface area contributed by atoms with Gasteiger partial charge in [0.1, 0.15) is 23.5 Å². The molecule has 0 saturated heterocycles. The van der Waals surface area contributed by atoms with Gasteiger partial charge in [0.15, 0.2) is 5.82 Å². The van der Waals surface area contributed by atoms with Crippen LogP contribution in [0.4, 0.5) is 0 Å². The average Bonchev–Trinajstić information content (AvgIpc) is 3.27. The van der Waals surface area contributed by atoms with Crippen LogP contribution in [0.15, 0.2) is 30.4 Å². The zero-order valence-electron chi connectivity index (χ0n) is 28.7. The summed E-state index contributed by atoms with van der Waals surface area (Å²) in [4.78, 5) is 9.08. The van der Waals surface area contributed by atoms with E-state index >= 15 is 0 Å². The minimum atomic E-state index is -0.320. The Morgan fingerprint density at radius 3 is 1.69 bits per heavy atom. The number of rotatable bonds is 3. The zero-order chi connectivity index (χ0) is 32.3. The summed E-state index contributed by atoms with van der Waals surface area (Å²) < 4.78 is 0. The first-order chi connectivity index (χ1) is 19.9. The molecule has 1 N–H and O–H groups in total. The van der Waals surface area contributed by atoms with Crippen molar-refractivity contribution in [3.8, 4) is 12.1 Å². The molecule has 0 saturated carbocycles. The van der Waals surface area contributed by atoms with Crippen LogP contribution in [-0.4, -0.2) is 9.97 Å². The lowest BCUT2D eigenvalue weighted by Gasteiger charge is -2.44. The van der Waals surface area contributed by atoms with Gasteiger partial charge >= 0.3 is 0 Å². The van der Waals surface area contributed by atoms with Crippen molar-refractivity contribution in [3.05, 3.63) is 69.8 Å². The Balaban J connectivity index is 0.000000966. The SMILES string of the molecule is CC.CC.CC.CCC1C(c2nc(C#N)cc(C#N)n2)=CC=C2NC1(CC)c1cc3c(cc12)C(C)(C)C(C)(C)C3(C)C. The molecule has 0 amide bonds. The molecular formula is C37H53N5. The smallest absolute Gasteiger partial charge is 0.158 e. The second kappa shape index (κ2) is 12.8. The lowest BCUT2D eigenvalue weighted by molar-refractivity contribution is 0.125. The Morgan fingerprint density at radius 1 is 0.738 bits per heavy atom. The Labute approximate surface area is 256 Å². The van der Waals surface area contributed by atoms with Crippen molar-refractivity contribution in [3.63, 3.8) is 0 Å². The molecule has 0 fully saturated rings. The second-order valence-corrected chi connectivity index (χ2v) is 12.1. The molecule has 5 nitrogen and oxygen atoms in total. The van der Waals surface area contributed by atoms with E-state index in [0.717, 1.165) is 24.1 Å². The van der Waals surface area contributed by atoms with Gasteiger partial charge in [-0.15, -0.1) is 0 Å². The fraction of sp³-hybridized carbons (Fsp3) is 0.568. The molecule has 2 atom stereocenters. The summed E-state index contributed by atoms with van der Waals surface area (Å²) in [5, 5.41) is 23.0. The van der Waals surface area contributed by atoms with Crippen LogP contribution >= 0.6 is 0 Å². The highest BCUT2D eigenvalue weighted by atomic mass is 15.0. The summed E-state index contributed by atoms with van der Waals surface area (Å²) in [5.41, 5.74) is 7.87. The van der Waals surface area contributed by atoms with E-state index in [0.29, 0.717) is 5.82 Å². The van der Waals surface area contributed by atoms with Gasteiger partial charge in [-0.1, -0.05) is 109 Å². The van der Waals surface area contributed by atoms with Gasteiger partial charge in [-0.2, -0.15) is 10.5 Å². The molecule has 1 aromatic heterocycles. The van der Waals surface area contributed by atoms with E-state index in [9.17, 15) is 10.5 Å². The van der Waals surface area contributed by atoms with Crippen LogP contribution in [0, 0.1) is 34.0 Å². The minimum Gasteiger partial charge on any atom is -0.374 e. The minimum absolute atomic E-state index is 0.0171. The van der Waals surface area contributed by atoms with Gasteiger partial charge in [0.05, 0.1) is 5.54 Å². The second-order valence-electron chi connectivity index (χ2n) is 12.1. The number of aromatic nitrogens is 2. The summed E-state index contributed by atoms with van der Waals surface area (Å²) >= 11 is 0. The van der Waals surface area contributed by atoms with Gasteiger partial charge in [-0.3, -0.25) is 0 Å². The van der Waals surface area contributed by atoms with E-state index in [2.05, 4.69) is 107 Å². The molecule has 2 aliphatic heterocycles. The number of nitrogens with one attached hydrogen (secondary N) is 1. The first-order valence-electron chi connectivity index (χ1n) is 16.0. The van der Waals surface area contributed by atoms with Crippen molar-refractivity contribution < 1.29 is 0 Å². The molecule has 42 heavy (non-hydrogen) atoms. The fourth-order valence-corrected chi connectivity index (χ4v) is 7.03. The van der Waals surface area contributed by atoms with Gasteiger partial charge < -0.3 is 5.32 Å². The molecule has 1 aromatic carbocycles. The predicted molar refractivity (Wildman–Crippen MR) is 177 cm³/mol. The van der Waals surface area contributed by atoms with Crippen molar-refractivity contribution in [1.82, 2.24) is 15.3 Å². The monoisotopic (exact) mass is 567 g/mol. The van der Waals surface area contributed by atoms with E-state index in [-0.39, 0.29) is 39.1 Å². The fourth-order valence-electron chi connectivity index (χ4n) is 7.03. The van der Waals surface area contributed by atoms with Crippen molar-refractivity contribution in [2.75, 3.05) is 0 Å². The lowest BCUT2D eigenvalue weighted by Crippen LogP contribution is -2.44. The molecular weight excluding hydrogens is 514 g/mol. The Bertz CT molecular complexity index is 1410. The molecule has 5 rings (SSSR count). The molecule has 226 valence electrons. The van der Waals surface area contributed by atoms with Crippen molar-refractivity contribution in [2.45, 2.75) is 126 Å². The third kappa shape index (κ3) is 4.86. The molecule has 2 aromatic rings. The van der Waals surface area contributed by atoms with Crippen LogP contribution in [0.5, 0.6) is 0 Å². The van der Waals surface area contributed by atoms with Gasteiger partial charge in [-0.05, 0) is 57.9 Å². The lowest BCUT2D eigenvalue weighted by atomic mass is 9.59. The van der Waals surface area contributed by atoms with E-state index in [1.807, 2.05) is 41.5 Å². The maximum Gasteiger partial charge on any atom is 0.158 e. The van der Waals surface area contributed by atoms with Crippen molar-refractivity contribution in [2.24, 2.45) is 11.3 Å². The van der Waals surface area contributed by atoms with Crippen molar-refractivity contribution >= 4 is 11.3 Å². The zero-order valence-corrected chi connectivity index (χ0v) is 28.7. The highest BCUT2D eigenvalue weighted by Crippen LogP contribution is 2.63. The van der Waals surface area contributed by atoms with Crippen molar-refractivity contribution in [1.29, 1.82) is 10.5 Å². The van der Waals surface area contributed by atoms with Crippen LogP contribution in [0.3, 0.4) is 0 Å². The van der Waals surface area contributed by atoms with Crippen LogP contribution in [0.25, 0.3) is 11.3 Å². The number of hydrogen-bond acceptors (Lipinski definition) is 5. The van der Waals surface area contributed by atoms with Crippen LogP contribution in [0.1, 0.15) is 149 Å². The largest absolute Gasteiger partial charge is 0.374 e. The summed E-state index contributed by atoms with van der Waals surface area (Å²) in [6, 6.07) is 10.6. The van der Waals surface area contributed by atoms with E-state index in [1.165, 1.54) is 28.3 Å². The topological polar surface area (TPSA) is 85.4 Å². The first-order valence-corrected chi connectivity index (χ1v) is 16.0. The third-order valence-corrected chi connectivity index (χ3v) is 10.3. The molecule has 0 spiro atoms. The first kappa shape index (κ1) is 34.8. The summed E-state index contributed by atoms with van der Waals surface area (Å²) in [6.07, 6.45) is 6.00. The number of fused-ring (bicyclic) bond motifs is 6. The molecule has 3 heterocycles. The number of allylic oxidation sites excluding steroid dienone is 2. The number of nitriles is 2.